The van der Waals surface area contributed by atoms with Gasteiger partial charge in [-0.25, -0.2) is 40.9 Å². The first kappa shape index (κ1) is 55.3. The smallest absolute Gasteiger partial charge is 0.432 e. The number of methoxy groups -OCH3 is 2. The summed E-state index contributed by atoms with van der Waals surface area (Å²) in [6.07, 6.45) is -5.23. The molecule has 74 heavy (non-hydrogen) atoms. The van der Waals surface area contributed by atoms with Crippen LogP contribution in [0, 0.1) is 23.3 Å². The number of alkyl halides is 7. The second-order valence-corrected chi connectivity index (χ2v) is 18.4. The zero-order chi connectivity index (χ0) is 54.6. The first-order chi connectivity index (χ1) is 34.5. The Labute approximate surface area is 437 Å². The fourth-order valence-electron chi connectivity index (χ4n) is 7.86. The molecule has 1 N–H and O–H groups in total. The number of benzene rings is 4. The number of ether oxygens (including phenoxy) is 2. The summed E-state index contributed by atoms with van der Waals surface area (Å²) in [4.78, 5) is 23.9. The average Bonchev–Trinajstić information content (AvgIpc) is 4.13. The second kappa shape index (κ2) is 20.7. The van der Waals surface area contributed by atoms with Gasteiger partial charge in [0.25, 0.3) is 5.67 Å². The van der Waals surface area contributed by atoms with Gasteiger partial charge >= 0.3 is 24.3 Å². The quantitative estimate of drug-likeness (QED) is 0.107. The van der Waals surface area contributed by atoms with Crippen molar-refractivity contribution in [2.45, 2.75) is 23.6 Å². The Hall–Kier alpha value is -6.47. The van der Waals surface area contributed by atoms with E-state index < -0.39 is 81.3 Å². The fourth-order valence-corrected chi connectivity index (χ4v) is 9.58. The largest absolute Gasteiger partial charge is 0.465 e. The van der Waals surface area contributed by atoms with Crippen molar-refractivity contribution >= 4 is 67.0 Å². The maximum atomic E-state index is 16.0. The highest BCUT2D eigenvalue weighted by molar-refractivity contribution is 9.11. The number of aliphatic hydroxyl groups is 1. The number of hydrogen-bond donors (Lipinski definition) is 1. The van der Waals surface area contributed by atoms with Crippen molar-refractivity contribution in [1.82, 2.24) is 28.7 Å². The predicted octanol–water partition coefficient (Wildman–Crippen LogP) is 13.3. The highest BCUT2D eigenvalue weighted by Gasteiger charge is 2.61. The molecule has 0 aliphatic carbocycles. The van der Waals surface area contributed by atoms with Gasteiger partial charge in [-0.3, -0.25) is 0 Å². The minimum absolute atomic E-state index is 0.00782. The van der Waals surface area contributed by atoms with E-state index in [4.69, 9.17) is 32.7 Å². The number of halogens is 15. The SMILES string of the molecule is COC(=O)c1cc(-c2cnn(-c3c(Br)cc(C(F)(c4cc(F)cc(F)c4)C(F)(F)F)n3C)c2)ccc1Cl.COC(=O)c1cc(-c2cnn(-c3c(Br)cc(C(O)(c4cc(F)cc(F)c4)C(F)(F)F)n3C)c2)ccc1Cl. The van der Waals surface area contributed by atoms with Crippen LogP contribution in [-0.2, 0) is 34.8 Å². The summed E-state index contributed by atoms with van der Waals surface area (Å²) in [6, 6.07) is 13.1. The van der Waals surface area contributed by atoms with E-state index in [2.05, 4.69) is 42.1 Å². The molecule has 0 radical (unpaired) electrons. The third-order valence-corrected chi connectivity index (χ3v) is 13.2. The molecule has 388 valence electrons. The fraction of sp³-hybridized carbons (Fsp3) is 0.167. The van der Waals surface area contributed by atoms with Crippen molar-refractivity contribution in [3.8, 4) is 33.9 Å². The van der Waals surface area contributed by atoms with Crippen LogP contribution in [0.2, 0.25) is 10.0 Å². The van der Waals surface area contributed by atoms with E-state index in [0.717, 1.165) is 28.3 Å². The van der Waals surface area contributed by atoms with Gasteiger partial charge in [-0.2, -0.15) is 36.5 Å². The molecule has 0 fully saturated rings. The molecule has 0 bridgehead atoms. The molecule has 8 rings (SSSR count). The number of esters is 2. The van der Waals surface area contributed by atoms with Gasteiger partial charge in [0.15, 0.2) is 0 Å². The molecule has 0 saturated carbocycles. The van der Waals surface area contributed by atoms with E-state index in [1.807, 2.05) is 0 Å². The minimum atomic E-state index is -5.57. The van der Waals surface area contributed by atoms with Crippen LogP contribution in [0.15, 0.2) is 119 Å². The molecule has 2 unspecified atom stereocenters. The van der Waals surface area contributed by atoms with E-state index in [0.29, 0.717) is 58.7 Å². The third kappa shape index (κ3) is 10.2. The van der Waals surface area contributed by atoms with Crippen LogP contribution in [0.1, 0.15) is 43.2 Å². The zero-order valence-electron chi connectivity index (χ0n) is 37.8. The van der Waals surface area contributed by atoms with Gasteiger partial charge in [0.05, 0.1) is 68.1 Å². The van der Waals surface area contributed by atoms with Crippen molar-refractivity contribution in [3.63, 3.8) is 0 Å². The molecule has 8 aromatic rings. The van der Waals surface area contributed by atoms with E-state index in [-0.39, 0.29) is 41.8 Å². The highest BCUT2D eigenvalue weighted by Crippen LogP contribution is 2.50. The van der Waals surface area contributed by atoms with Crippen LogP contribution in [-0.4, -0.2) is 72.3 Å². The second-order valence-electron chi connectivity index (χ2n) is 15.9. The molecule has 0 aliphatic heterocycles. The van der Waals surface area contributed by atoms with Crippen molar-refractivity contribution in [3.05, 3.63) is 186 Å². The number of hydrogen-bond acceptors (Lipinski definition) is 7. The molecule has 0 spiro atoms. The third-order valence-electron chi connectivity index (χ3n) is 11.4. The molecule has 0 amide bonds. The molecule has 26 heteroatoms. The van der Waals surface area contributed by atoms with Crippen LogP contribution in [0.5, 0.6) is 0 Å². The van der Waals surface area contributed by atoms with E-state index in [1.165, 1.54) is 79.7 Å². The summed E-state index contributed by atoms with van der Waals surface area (Å²) >= 11 is 18.4. The summed E-state index contributed by atoms with van der Waals surface area (Å²) < 4.78 is 170. The lowest BCUT2D eigenvalue weighted by molar-refractivity contribution is -0.250. The summed E-state index contributed by atoms with van der Waals surface area (Å²) in [5.41, 5.74) is -9.83. The number of carbonyl (C=O) groups excluding carboxylic acids is 2. The molecular formula is C48H31Br2Cl2F11N6O5. The molecular weight excluding hydrogens is 1180 g/mol. The summed E-state index contributed by atoms with van der Waals surface area (Å²) in [5.74, 6) is -6.55. The molecule has 11 nitrogen and oxygen atoms in total. The van der Waals surface area contributed by atoms with Gasteiger partial charge in [-0.05, 0) is 104 Å². The van der Waals surface area contributed by atoms with Gasteiger partial charge in [-0.15, -0.1) is 0 Å². The van der Waals surface area contributed by atoms with Crippen molar-refractivity contribution in [1.29, 1.82) is 0 Å². The molecule has 0 saturated heterocycles. The Bertz CT molecular complexity index is 3220. The Morgan fingerprint density at radius 3 is 1.31 bits per heavy atom. The monoisotopic (exact) mass is 1210 g/mol. The lowest BCUT2D eigenvalue weighted by Gasteiger charge is -2.31. The minimum Gasteiger partial charge on any atom is -0.465 e. The maximum absolute atomic E-state index is 16.0. The molecule has 2 atom stereocenters. The maximum Gasteiger partial charge on any atom is 0.432 e. The lowest BCUT2D eigenvalue weighted by Crippen LogP contribution is -2.45. The van der Waals surface area contributed by atoms with Gasteiger partial charge in [-0.1, -0.05) is 35.3 Å². The number of carbonyl (C=O) groups is 2. The first-order valence-electron chi connectivity index (χ1n) is 20.6. The van der Waals surface area contributed by atoms with Gasteiger partial charge in [0.1, 0.15) is 34.9 Å². The first-order valence-corrected chi connectivity index (χ1v) is 23.0. The van der Waals surface area contributed by atoms with E-state index in [1.54, 1.807) is 12.1 Å². The molecule has 4 heterocycles. The van der Waals surface area contributed by atoms with Crippen LogP contribution in [0.25, 0.3) is 33.9 Å². The van der Waals surface area contributed by atoms with Gasteiger partial charge in [0, 0.05) is 60.9 Å². The number of rotatable bonds is 10. The lowest BCUT2D eigenvalue weighted by atomic mass is 9.89. The standard InChI is InChI=1S/C24H15BrClF6N3O2.C24H16BrClF5N3O3/c1-34-20(23(29,24(30,31)32)14-6-15(27)8-16(28)7-14)9-18(25)21(34)35-11-13(10-33-35)12-3-4-19(26)17(5-12)22(36)37-2;1-33-20(23(36,24(29,30)31)14-6-15(27)8-16(28)7-14)9-18(25)21(33)34-11-13(10-32-34)12-3-4-19(26)17(5-12)22(35)37-2/h3-11H,1-2H3;3-11,36H,1-2H3. The molecule has 4 aromatic carbocycles. The highest BCUT2D eigenvalue weighted by atomic mass is 79.9. The van der Waals surface area contributed by atoms with Crippen molar-refractivity contribution in [2.24, 2.45) is 14.1 Å². The normalized spacial score (nSPS) is 13.5. The summed E-state index contributed by atoms with van der Waals surface area (Å²) in [5, 5.41) is 19.6. The van der Waals surface area contributed by atoms with Crippen LogP contribution in [0.3, 0.4) is 0 Å². The topological polar surface area (TPSA) is 118 Å². The molecule has 0 aliphatic rings. The zero-order valence-corrected chi connectivity index (χ0v) is 42.5. The van der Waals surface area contributed by atoms with Gasteiger partial charge in [0.2, 0.25) is 5.60 Å². The predicted molar refractivity (Wildman–Crippen MR) is 254 cm³/mol. The summed E-state index contributed by atoms with van der Waals surface area (Å²) in [7, 11) is 4.79. The van der Waals surface area contributed by atoms with Crippen LogP contribution in [0.4, 0.5) is 48.3 Å². The van der Waals surface area contributed by atoms with E-state index in [9.17, 15) is 58.6 Å². The van der Waals surface area contributed by atoms with E-state index >= 15 is 4.39 Å². The Kier molecular flexibility index (Phi) is 15.5. The van der Waals surface area contributed by atoms with Gasteiger partial charge < -0.3 is 23.7 Å². The Morgan fingerprint density at radius 1 is 0.554 bits per heavy atom. The van der Waals surface area contributed by atoms with Crippen molar-refractivity contribution in [2.75, 3.05) is 14.2 Å². The van der Waals surface area contributed by atoms with Crippen molar-refractivity contribution < 1.29 is 72.5 Å². The average molecular weight is 1210 g/mol. The Morgan fingerprint density at radius 2 is 0.932 bits per heavy atom. The van der Waals surface area contributed by atoms with Crippen LogP contribution < -0.4 is 0 Å². The molecule has 4 aromatic heterocycles. The summed E-state index contributed by atoms with van der Waals surface area (Å²) in [6.45, 7) is 0. The number of nitrogens with zero attached hydrogens (tertiary/aromatic N) is 6. The van der Waals surface area contributed by atoms with Crippen LogP contribution >= 0.6 is 55.1 Å². The Balaban J connectivity index is 0.000000216. The number of aromatic nitrogens is 6.